The summed E-state index contributed by atoms with van der Waals surface area (Å²) in [7, 11) is 0. The minimum atomic E-state index is -0.204. The lowest BCUT2D eigenvalue weighted by molar-refractivity contribution is 0.624. The van der Waals surface area contributed by atoms with Crippen molar-refractivity contribution < 1.29 is 4.39 Å². The first-order valence-corrected chi connectivity index (χ1v) is 7.87. The summed E-state index contributed by atoms with van der Waals surface area (Å²) in [6, 6.07) is 10.5. The maximum absolute atomic E-state index is 13.0. The molecule has 1 aliphatic rings. The van der Waals surface area contributed by atoms with Crippen molar-refractivity contribution in [1.29, 1.82) is 0 Å². The summed E-state index contributed by atoms with van der Waals surface area (Å²) >= 11 is 0. The van der Waals surface area contributed by atoms with Crippen molar-refractivity contribution in [3.63, 3.8) is 0 Å². The Balaban J connectivity index is 1.46. The lowest BCUT2D eigenvalue weighted by Gasteiger charge is -2.36. The first kappa shape index (κ1) is 14.6. The molecule has 0 unspecified atom stereocenters. The van der Waals surface area contributed by atoms with Crippen LogP contribution in [0.3, 0.4) is 0 Å². The van der Waals surface area contributed by atoms with Crippen LogP contribution in [-0.2, 0) is 0 Å². The van der Waals surface area contributed by atoms with Crippen molar-refractivity contribution in [2.24, 2.45) is 0 Å². The molecule has 0 N–H and O–H groups in total. The summed E-state index contributed by atoms with van der Waals surface area (Å²) in [5, 5.41) is 4.20. The van der Waals surface area contributed by atoms with Crippen molar-refractivity contribution in [3.8, 4) is 5.82 Å². The van der Waals surface area contributed by atoms with E-state index in [2.05, 4.69) is 24.9 Å². The number of aromatic nitrogens is 4. The Kier molecular flexibility index (Phi) is 3.82. The lowest BCUT2D eigenvalue weighted by Crippen LogP contribution is -2.46. The molecule has 4 rings (SSSR count). The van der Waals surface area contributed by atoms with Crippen molar-refractivity contribution in [1.82, 2.24) is 19.7 Å². The van der Waals surface area contributed by atoms with Gasteiger partial charge in [-0.25, -0.2) is 19.0 Å². The third kappa shape index (κ3) is 2.92. The number of anilines is 2. The van der Waals surface area contributed by atoms with E-state index in [9.17, 15) is 4.39 Å². The van der Waals surface area contributed by atoms with Crippen LogP contribution in [0.1, 0.15) is 0 Å². The first-order valence-electron chi connectivity index (χ1n) is 7.87. The largest absolute Gasteiger partial charge is 0.368 e. The van der Waals surface area contributed by atoms with E-state index in [-0.39, 0.29) is 5.82 Å². The molecule has 0 atom stereocenters. The molecule has 0 saturated carbocycles. The average molecular weight is 324 g/mol. The van der Waals surface area contributed by atoms with Crippen LogP contribution in [0.2, 0.25) is 0 Å². The molecule has 1 aliphatic heterocycles. The van der Waals surface area contributed by atoms with Gasteiger partial charge in [0.05, 0.1) is 0 Å². The van der Waals surface area contributed by atoms with Gasteiger partial charge in [0.1, 0.15) is 18.0 Å². The summed E-state index contributed by atoms with van der Waals surface area (Å²) < 4.78 is 14.8. The fraction of sp³-hybridized carbons (Fsp3) is 0.235. The van der Waals surface area contributed by atoms with Crippen molar-refractivity contribution in [2.45, 2.75) is 0 Å². The molecule has 2 aromatic heterocycles. The molecule has 6 nitrogen and oxygen atoms in total. The molecule has 1 aromatic carbocycles. The molecular weight excluding hydrogens is 307 g/mol. The fourth-order valence-electron chi connectivity index (χ4n) is 2.89. The van der Waals surface area contributed by atoms with Gasteiger partial charge in [0.15, 0.2) is 5.82 Å². The van der Waals surface area contributed by atoms with Crippen LogP contribution in [0.25, 0.3) is 5.82 Å². The Hall–Kier alpha value is -2.96. The van der Waals surface area contributed by atoms with Crippen molar-refractivity contribution in [3.05, 3.63) is 60.9 Å². The number of halogens is 1. The molecule has 122 valence electrons. The van der Waals surface area contributed by atoms with Gasteiger partial charge in [0.25, 0.3) is 0 Å². The van der Waals surface area contributed by atoms with E-state index in [1.807, 2.05) is 30.5 Å². The highest BCUT2D eigenvalue weighted by Gasteiger charge is 2.19. The molecule has 0 amide bonds. The average Bonchev–Trinajstić information content (AvgIpc) is 3.17. The summed E-state index contributed by atoms with van der Waals surface area (Å²) in [6.07, 6.45) is 5.15. The molecule has 0 spiro atoms. The van der Waals surface area contributed by atoms with Gasteiger partial charge in [-0.3, -0.25) is 0 Å². The fourth-order valence-corrected chi connectivity index (χ4v) is 2.89. The van der Waals surface area contributed by atoms with Gasteiger partial charge in [-0.2, -0.15) is 5.10 Å². The minimum Gasteiger partial charge on any atom is -0.368 e. The second kappa shape index (κ2) is 6.27. The number of hydrogen-bond donors (Lipinski definition) is 0. The highest BCUT2D eigenvalue weighted by molar-refractivity contribution is 5.50. The van der Waals surface area contributed by atoms with Crippen LogP contribution in [0.5, 0.6) is 0 Å². The normalized spacial score (nSPS) is 14.9. The van der Waals surface area contributed by atoms with Gasteiger partial charge >= 0.3 is 0 Å². The van der Waals surface area contributed by atoms with E-state index in [1.165, 1.54) is 12.1 Å². The Morgan fingerprint density at radius 2 is 1.58 bits per heavy atom. The topological polar surface area (TPSA) is 50.1 Å². The molecule has 1 fully saturated rings. The van der Waals surface area contributed by atoms with E-state index in [4.69, 9.17) is 0 Å². The highest BCUT2D eigenvalue weighted by atomic mass is 19.1. The summed E-state index contributed by atoms with van der Waals surface area (Å²) in [5.41, 5.74) is 1.05. The number of piperazine rings is 1. The van der Waals surface area contributed by atoms with Gasteiger partial charge in [0, 0.05) is 50.3 Å². The third-order valence-electron chi connectivity index (χ3n) is 4.17. The molecular formula is C17H17FN6. The second-order valence-corrected chi connectivity index (χ2v) is 5.64. The van der Waals surface area contributed by atoms with Crippen LogP contribution in [0, 0.1) is 5.82 Å². The Bertz CT molecular complexity index is 794. The van der Waals surface area contributed by atoms with E-state index in [0.717, 1.165) is 43.5 Å². The first-order chi connectivity index (χ1) is 11.8. The highest BCUT2D eigenvalue weighted by Crippen LogP contribution is 2.20. The molecule has 0 aliphatic carbocycles. The van der Waals surface area contributed by atoms with Gasteiger partial charge in [-0.1, -0.05) is 0 Å². The van der Waals surface area contributed by atoms with Crippen LogP contribution in [-0.4, -0.2) is 45.9 Å². The van der Waals surface area contributed by atoms with Crippen LogP contribution >= 0.6 is 0 Å². The zero-order valence-corrected chi connectivity index (χ0v) is 13.1. The quantitative estimate of drug-likeness (QED) is 0.739. The molecule has 1 saturated heterocycles. The van der Waals surface area contributed by atoms with E-state index in [0.29, 0.717) is 0 Å². The maximum Gasteiger partial charge on any atom is 0.158 e. The molecule has 0 radical (unpaired) electrons. The van der Waals surface area contributed by atoms with E-state index in [1.54, 1.807) is 17.2 Å². The zero-order valence-electron chi connectivity index (χ0n) is 13.1. The lowest BCUT2D eigenvalue weighted by atomic mass is 10.2. The second-order valence-electron chi connectivity index (χ2n) is 5.64. The van der Waals surface area contributed by atoms with Crippen molar-refractivity contribution in [2.75, 3.05) is 36.0 Å². The van der Waals surface area contributed by atoms with E-state index < -0.39 is 0 Å². The summed E-state index contributed by atoms with van der Waals surface area (Å²) in [5.74, 6) is 1.45. The van der Waals surface area contributed by atoms with Crippen LogP contribution in [0.15, 0.2) is 55.1 Å². The molecule has 3 aromatic rings. The number of hydrogen-bond acceptors (Lipinski definition) is 5. The summed E-state index contributed by atoms with van der Waals surface area (Å²) in [6.45, 7) is 3.44. The molecule has 24 heavy (non-hydrogen) atoms. The van der Waals surface area contributed by atoms with Crippen LogP contribution < -0.4 is 9.80 Å². The van der Waals surface area contributed by atoms with Crippen molar-refractivity contribution >= 4 is 11.5 Å². The molecule has 0 bridgehead atoms. The Morgan fingerprint density at radius 1 is 0.875 bits per heavy atom. The molecule has 7 heteroatoms. The monoisotopic (exact) mass is 324 g/mol. The minimum absolute atomic E-state index is 0.204. The zero-order chi connectivity index (χ0) is 16.4. The smallest absolute Gasteiger partial charge is 0.158 e. The Labute approximate surface area is 139 Å². The van der Waals surface area contributed by atoms with E-state index >= 15 is 0 Å². The SMILES string of the molecule is Fc1ccc(N2CCN(c3cc(-n4cccn4)ncn3)CC2)cc1. The summed E-state index contributed by atoms with van der Waals surface area (Å²) in [4.78, 5) is 13.1. The van der Waals surface area contributed by atoms with Crippen LogP contribution in [0.4, 0.5) is 15.9 Å². The predicted octanol–water partition coefficient (Wildman–Crippen LogP) is 2.13. The standard InChI is InChI=1S/C17H17FN6/c18-14-2-4-15(5-3-14)22-8-10-23(11-9-22)16-12-17(20-13-19-16)24-7-1-6-21-24/h1-7,12-13H,8-11H2. The number of nitrogens with zero attached hydrogens (tertiary/aromatic N) is 6. The number of benzene rings is 1. The maximum atomic E-state index is 13.0. The van der Waals surface area contributed by atoms with Gasteiger partial charge in [-0.15, -0.1) is 0 Å². The predicted molar refractivity (Wildman–Crippen MR) is 90.0 cm³/mol. The Morgan fingerprint density at radius 3 is 2.29 bits per heavy atom. The molecule has 3 heterocycles. The third-order valence-corrected chi connectivity index (χ3v) is 4.17. The number of rotatable bonds is 3. The van der Waals surface area contributed by atoms with Gasteiger partial charge in [0.2, 0.25) is 0 Å². The van der Waals surface area contributed by atoms with Gasteiger partial charge in [-0.05, 0) is 30.3 Å². The van der Waals surface area contributed by atoms with Gasteiger partial charge < -0.3 is 9.80 Å².